The van der Waals surface area contributed by atoms with Crippen LogP contribution in [0.3, 0.4) is 0 Å². The molecule has 1 saturated heterocycles. The highest BCUT2D eigenvalue weighted by atomic mass is 16.5. The molecule has 0 aromatic rings. The van der Waals surface area contributed by atoms with E-state index in [0.29, 0.717) is 13.0 Å². The molecule has 0 aliphatic carbocycles. The number of esters is 1. The van der Waals surface area contributed by atoms with Crippen LogP contribution in [0.2, 0.25) is 0 Å². The normalized spacial score (nSPS) is 27.1. The maximum Gasteiger partial charge on any atom is 0.312 e. The summed E-state index contributed by atoms with van der Waals surface area (Å²) in [6.07, 6.45) is 0.0933. The molecule has 0 amide bonds. The Morgan fingerprint density at radius 2 is 2.25 bits per heavy atom. The lowest BCUT2D eigenvalue weighted by Gasteiger charge is -2.35. The van der Waals surface area contributed by atoms with E-state index in [-0.39, 0.29) is 11.9 Å². The van der Waals surface area contributed by atoms with Gasteiger partial charge in [0, 0.05) is 26.2 Å². The van der Waals surface area contributed by atoms with Crippen molar-refractivity contribution >= 4 is 5.97 Å². The van der Waals surface area contributed by atoms with Gasteiger partial charge in [0.05, 0.1) is 19.1 Å². The van der Waals surface area contributed by atoms with Gasteiger partial charge in [-0.1, -0.05) is 0 Å². The van der Waals surface area contributed by atoms with Gasteiger partial charge < -0.3 is 19.6 Å². The van der Waals surface area contributed by atoms with Crippen molar-refractivity contribution in [3.8, 4) is 0 Å². The van der Waals surface area contributed by atoms with Crippen LogP contribution in [0.5, 0.6) is 0 Å². The molecule has 5 heteroatoms. The number of piperidine rings is 1. The monoisotopic (exact) mass is 230 g/mol. The molecule has 0 radical (unpaired) electrons. The molecule has 1 N–H and O–H groups in total. The molecule has 0 unspecified atom stereocenters. The Bertz CT molecular complexity index is 233. The molecule has 0 saturated carbocycles. The second-order valence-electron chi connectivity index (χ2n) is 4.59. The van der Waals surface area contributed by atoms with Gasteiger partial charge in [0.25, 0.3) is 0 Å². The molecule has 0 spiro atoms. The van der Waals surface area contributed by atoms with Gasteiger partial charge in [-0.25, -0.2) is 0 Å². The van der Waals surface area contributed by atoms with E-state index in [1.807, 2.05) is 14.1 Å². The van der Waals surface area contributed by atoms with Crippen molar-refractivity contribution < 1.29 is 14.6 Å². The summed E-state index contributed by atoms with van der Waals surface area (Å²) in [5.74, 6) is -0.692. The molecule has 5 nitrogen and oxygen atoms in total. The number of carbonyl (C=O) groups is 1. The van der Waals surface area contributed by atoms with E-state index in [1.54, 1.807) is 0 Å². The fraction of sp³-hybridized carbons (Fsp3) is 0.909. The van der Waals surface area contributed by atoms with E-state index >= 15 is 0 Å². The van der Waals surface area contributed by atoms with E-state index in [9.17, 15) is 9.90 Å². The molecule has 0 aromatic carbocycles. The van der Waals surface area contributed by atoms with E-state index in [1.165, 1.54) is 7.11 Å². The minimum Gasteiger partial charge on any atom is -0.469 e. The molecular weight excluding hydrogens is 208 g/mol. The zero-order chi connectivity index (χ0) is 12.1. The van der Waals surface area contributed by atoms with Crippen LogP contribution >= 0.6 is 0 Å². The van der Waals surface area contributed by atoms with E-state index in [4.69, 9.17) is 4.74 Å². The number of aliphatic hydroxyl groups excluding tert-OH is 1. The van der Waals surface area contributed by atoms with Crippen LogP contribution < -0.4 is 0 Å². The zero-order valence-corrected chi connectivity index (χ0v) is 10.3. The van der Waals surface area contributed by atoms with Crippen LogP contribution in [0.4, 0.5) is 0 Å². The van der Waals surface area contributed by atoms with Gasteiger partial charge in [-0.2, -0.15) is 0 Å². The predicted octanol–water partition coefficient (Wildman–Crippen LogP) is -0.596. The fourth-order valence-electron chi connectivity index (χ4n) is 1.93. The number of likely N-dealkylation sites (N-methyl/N-ethyl adjacent to an activating group) is 1. The quantitative estimate of drug-likeness (QED) is 0.654. The highest BCUT2D eigenvalue weighted by molar-refractivity contribution is 5.73. The molecule has 1 heterocycles. The SMILES string of the molecule is COC(=O)[C@@H]1CN(CCN(C)C)CC[C@H]1O. The third-order valence-electron chi connectivity index (χ3n) is 3.03. The van der Waals surface area contributed by atoms with Gasteiger partial charge >= 0.3 is 5.97 Å². The molecule has 1 fully saturated rings. The highest BCUT2D eigenvalue weighted by Crippen LogP contribution is 2.18. The van der Waals surface area contributed by atoms with Crippen LogP contribution in [-0.2, 0) is 9.53 Å². The lowest BCUT2D eigenvalue weighted by molar-refractivity contribution is -0.152. The Hall–Kier alpha value is -0.650. The molecule has 1 aliphatic heterocycles. The van der Waals surface area contributed by atoms with Crippen molar-refractivity contribution in [2.75, 3.05) is 47.4 Å². The first-order chi connectivity index (χ1) is 7.54. The summed E-state index contributed by atoms with van der Waals surface area (Å²) in [6.45, 7) is 3.33. The first-order valence-corrected chi connectivity index (χ1v) is 5.67. The Kier molecular flexibility index (Phi) is 5.18. The minimum absolute atomic E-state index is 0.304. The molecule has 1 aliphatic rings. The summed E-state index contributed by atoms with van der Waals surface area (Å²) in [4.78, 5) is 15.8. The summed E-state index contributed by atoms with van der Waals surface area (Å²) < 4.78 is 4.70. The molecule has 16 heavy (non-hydrogen) atoms. The number of nitrogens with zero attached hydrogens (tertiary/aromatic N) is 2. The third-order valence-corrected chi connectivity index (χ3v) is 3.03. The van der Waals surface area contributed by atoms with Crippen molar-refractivity contribution in [1.29, 1.82) is 0 Å². The van der Waals surface area contributed by atoms with Crippen molar-refractivity contribution in [2.45, 2.75) is 12.5 Å². The molecule has 1 rings (SSSR count). The summed E-state index contributed by atoms with van der Waals surface area (Å²) >= 11 is 0. The van der Waals surface area contributed by atoms with Crippen molar-refractivity contribution in [1.82, 2.24) is 9.80 Å². The summed E-state index contributed by atoms with van der Waals surface area (Å²) in [6, 6.07) is 0. The van der Waals surface area contributed by atoms with Gasteiger partial charge in [-0.05, 0) is 20.5 Å². The number of likely N-dealkylation sites (tertiary alicyclic amines) is 1. The van der Waals surface area contributed by atoms with Gasteiger partial charge in [-0.15, -0.1) is 0 Å². The van der Waals surface area contributed by atoms with Gasteiger partial charge in [-0.3, -0.25) is 4.79 Å². The Balaban J connectivity index is 2.44. The Morgan fingerprint density at radius 1 is 1.56 bits per heavy atom. The number of aliphatic hydroxyl groups is 1. The Labute approximate surface area is 97.0 Å². The van der Waals surface area contributed by atoms with Crippen LogP contribution in [0.15, 0.2) is 0 Å². The average molecular weight is 230 g/mol. The number of ether oxygens (including phenoxy) is 1. The topological polar surface area (TPSA) is 53.0 Å². The van der Waals surface area contributed by atoms with Crippen LogP contribution in [0.25, 0.3) is 0 Å². The summed E-state index contributed by atoms with van der Waals surface area (Å²) in [5, 5.41) is 9.73. The van der Waals surface area contributed by atoms with Crippen molar-refractivity contribution in [2.24, 2.45) is 5.92 Å². The number of carbonyl (C=O) groups excluding carboxylic acids is 1. The van der Waals surface area contributed by atoms with Crippen LogP contribution in [0, 0.1) is 5.92 Å². The van der Waals surface area contributed by atoms with Gasteiger partial charge in [0.15, 0.2) is 0 Å². The highest BCUT2D eigenvalue weighted by Gasteiger charge is 2.33. The Morgan fingerprint density at radius 3 is 2.81 bits per heavy atom. The maximum atomic E-state index is 11.4. The van der Waals surface area contributed by atoms with Gasteiger partial charge in [0.2, 0.25) is 0 Å². The molecule has 2 atom stereocenters. The predicted molar refractivity (Wildman–Crippen MR) is 61.1 cm³/mol. The standard InChI is InChI=1S/C11H22N2O3/c1-12(2)6-7-13-5-4-10(14)9(8-13)11(15)16-3/h9-10,14H,4-8H2,1-3H3/t9-,10-/m1/s1. The van der Waals surface area contributed by atoms with E-state index < -0.39 is 6.10 Å². The van der Waals surface area contributed by atoms with E-state index in [2.05, 4.69) is 9.80 Å². The number of rotatable bonds is 4. The minimum atomic E-state index is -0.553. The maximum absolute atomic E-state index is 11.4. The van der Waals surface area contributed by atoms with E-state index in [0.717, 1.165) is 19.6 Å². The summed E-state index contributed by atoms with van der Waals surface area (Å²) in [5.41, 5.74) is 0. The zero-order valence-electron chi connectivity index (χ0n) is 10.3. The smallest absolute Gasteiger partial charge is 0.312 e. The van der Waals surface area contributed by atoms with Crippen LogP contribution in [0.1, 0.15) is 6.42 Å². The second kappa shape index (κ2) is 6.18. The largest absolute Gasteiger partial charge is 0.469 e. The summed E-state index contributed by atoms with van der Waals surface area (Å²) in [7, 11) is 5.42. The first-order valence-electron chi connectivity index (χ1n) is 5.67. The lowest BCUT2D eigenvalue weighted by atomic mass is 9.95. The lowest BCUT2D eigenvalue weighted by Crippen LogP contribution is -2.48. The third kappa shape index (κ3) is 3.73. The van der Waals surface area contributed by atoms with Crippen molar-refractivity contribution in [3.63, 3.8) is 0 Å². The molecule has 94 valence electrons. The van der Waals surface area contributed by atoms with Crippen LogP contribution in [-0.4, -0.2) is 74.4 Å². The second-order valence-corrected chi connectivity index (χ2v) is 4.59. The average Bonchev–Trinajstić information content (AvgIpc) is 2.27. The molecule has 0 bridgehead atoms. The van der Waals surface area contributed by atoms with Gasteiger partial charge in [0.1, 0.15) is 0 Å². The molecular formula is C11H22N2O3. The number of methoxy groups -OCH3 is 1. The van der Waals surface area contributed by atoms with Crippen molar-refractivity contribution in [3.05, 3.63) is 0 Å². The first kappa shape index (κ1) is 13.4. The molecule has 0 aromatic heterocycles. The fourth-order valence-corrected chi connectivity index (χ4v) is 1.93. The number of hydrogen-bond acceptors (Lipinski definition) is 5. The number of hydrogen-bond donors (Lipinski definition) is 1.